The molecule has 2 unspecified atom stereocenters. The Labute approximate surface area is 384 Å². The second-order valence-electron chi connectivity index (χ2n) is 18.6. The summed E-state index contributed by atoms with van der Waals surface area (Å²) in [6.45, 7) is 3.81. The van der Waals surface area contributed by atoms with Crippen molar-refractivity contribution in [3.8, 4) is 0 Å². The Morgan fingerprint density at radius 3 is 1.16 bits per heavy atom. The molecule has 12 nitrogen and oxygen atoms in total. The predicted octanol–water partition coefficient (Wildman–Crippen LogP) is 11.6. The van der Waals surface area contributed by atoms with Crippen LogP contribution in [-0.2, 0) is 38.7 Å². The number of aliphatic hydroxyl groups excluding tert-OH is 3. The summed E-state index contributed by atoms with van der Waals surface area (Å²) in [6.07, 6.45) is 34.3. The molecule has 0 aromatic rings. The molecule has 0 radical (unpaired) electrons. The Morgan fingerprint density at radius 1 is 0.476 bits per heavy atom. The highest BCUT2D eigenvalue weighted by atomic mass is 32.2. The fourth-order valence-electron chi connectivity index (χ4n) is 8.39. The van der Waals surface area contributed by atoms with Crippen molar-refractivity contribution < 1.29 is 56.8 Å². The van der Waals surface area contributed by atoms with Crippen LogP contribution in [0.15, 0.2) is 0 Å². The largest absolute Gasteiger partial charge is 0.462 e. The monoisotopic (exact) mass is 921 g/mol. The minimum Gasteiger partial charge on any atom is -0.462 e. The lowest BCUT2D eigenvalue weighted by atomic mass is 10.00. The molecule has 4 N–H and O–H groups in total. The van der Waals surface area contributed by atoms with Gasteiger partial charge in [0.05, 0.1) is 6.61 Å². The van der Waals surface area contributed by atoms with Crippen molar-refractivity contribution in [1.29, 1.82) is 0 Å². The van der Waals surface area contributed by atoms with E-state index in [1.807, 2.05) is 0 Å². The number of esters is 2. The third-order valence-electron chi connectivity index (χ3n) is 12.4. The molecule has 1 aliphatic rings. The summed E-state index contributed by atoms with van der Waals surface area (Å²) in [7, 11) is -4.60. The lowest BCUT2D eigenvalue weighted by Gasteiger charge is -2.40. The van der Waals surface area contributed by atoms with Gasteiger partial charge in [-0.25, -0.2) is 0 Å². The van der Waals surface area contributed by atoms with Crippen LogP contribution >= 0.6 is 0 Å². The molecular weight excluding hydrogens is 825 g/mol. The van der Waals surface area contributed by atoms with Gasteiger partial charge in [0.25, 0.3) is 10.1 Å². The van der Waals surface area contributed by atoms with E-state index in [1.165, 1.54) is 173 Å². The van der Waals surface area contributed by atoms with Crippen LogP contribution in [0.25, 0.3) is 0 Å². The number of carbonyl (C=O) groups excluding carboxylic acids is 2. The van der Waals surface area contributed by atoms with Crippen molar-refractivity contribution in [1.82, 2.24) is 0 Å². The van der Waals surface area contributed by atoms with Crippen LogP contribution in [0.2, 0.25) is 0 Å². The molecule has 1 rings (SSSR count). The van der Waals surface area contributed by atoms with Crippen LogP contribution in [0.4, 0.5) is 0 Å². The van der Waals surface area contributed by atoms with E-state index in [4.69, 9.17) is 18.9 Å². The number of rotatable bonds is 45. The molecule has 1 heterocycles. The summed E-state index contributed by atoms with van der Waals surface area (Å²) >= 11 is 0. The standard InChI is InChI=1S/C50H96O12S/c1-3-5-7-9-11-13-15-17-19-20-21-22-23-24-25-27-29-31-33-35-37-39-46(52)61-43(41-60-50-49(55)48(54)47(53)44(62-50)42-63(56,57)58)40-59-45(51)38-36-34-32-30-28-26-18-16-14-12-10-8-6-4-2/h43-44,47-50,53-55H,3-42H2,1-2H3,(H,56,57,58)/t43-,44-,47-,48?,49?,50+/m1/s1. The molecule has 1 saturated heterocycles. The number of ether oxygens (including phenoxy) is 4. The average molecular weight is 921 g/mol. The van der Waals surface area contributed by atoms with E-state index in [2.05, 4.69) is 13.8 Å². The summed E-state index contributed by atoms with van der Waals surface area (Å²) in [5, 5.41) is 31.0. The number of aliphatic hydroxyl groups is 3. The van der Waals surface area contributed by atoms with Gasteiger partial charge in [0.1, 0.15) is 36.8 Å². The Bertz CT molecular complexity index is 1170. The molecule has 0 aliphatic carbocycles. The molecular formula is C50H96O12S. The molecule has 1 fully saturated rings. The van der Waals surface area contributed by atoms with Gasteiger partial charge in [-0.05, 0) is 12.8 Å². The first-order valence-corrected chi connectivity index (χ1v) is 27.7. The lowest BCUT2D eigenvalue weighted by molar-refractivity contribution is -0.297. The third kappa shape index (κ3) is 35.5. The summed E-state index contributed by atoms with van der Waals surface area (Å²) in [5.74, 6) is -1.96. The first-order valence-electron chi connectivity index (χ1n) is 26.1. The summed E-state index contributed by atoms with van der Waals surface area (Å²) in [4.78, 5) is 25.5. The van der Waals surface area contributed by atoms with E-state index in [0.717, 1.165) is 38.5 Å². The van der Waals surface area contributed by atoms with Crippen LogP contribution in [0.3, 0.4) is 0 Å². The molecule has 0 spiro atoms. The molecule has 0 saturated carbocycles. The van der Waals surface area contributed by atoms with Gasteiger partial charge in [-0.15, -0.1) is 0 Å². The summed E-state index contributed by atoms with van der Waals surface area (Å²) in [6, 6.07) is 0. The van der Waals surface area contributed by atoms with Crippen LogP contribution < -0.4 is 0 Å². The topological polar surface area (TPSA) is 186 Å². The Kier molecular flexibility index (Phi) is 38.7. The van der Waals surface area contributed by atoms with Crippen molar-refractivity contribution in [3.05, 3.63) is 0 Å². The van der Waals surface area contributed by atoms with Gasteiger partial charge in [0, 0.05) is 12.8 Å². The zero-order valence-electron chi connectivity index (χ0n) is 40.2. The molecule has 1 aliphatic heterocycles. The van der Waals surface area contributed by atoms with Crippen molar-refractivity contribution in [2.24, 2.45) is 0 Å². The van der Waals surface area contributed by atoms with E-state index < -0.39 is 71.2 Å². The van der Waals surface area contributed by atoms with Crippen molar-refractivity contribution in [2.75, 3.05) is 19.0 Å². The quantitative estimate of drug-likeness (QED) is 0.0258. The number of hydrogen-bond donors (Lipinski definition) is 4. The zero-order valence-corrected chi connectivity index (χ0v) is 41.0. The lowest BCUT2D eigenvalue weighted by Crippen LogP contribution is -2.60. The van der Waals surface area contributed by atoms with Crippen molar-refractivity contribution >= 4 is 22.1 Å². The SMILES string of the molecule is CCCCCCCCCCCCCCCCCCCCCCCC(=O)O[C@H](COC(=O)CCCCCCCCCCCCCCCC)CO[C@H]1O[C@H](CS(=O)(=O)O)[C@@H](O)C(O)C1O. The molecule has 6 atom stereocenters. The summed E-state index contributed by atoms with van der Waals surface area (Å²) in [5.41, 5.74) is 0. The first-order chi connectivity index (χ1) is 30.5. The molecule has 0 aromatic heterocycles. The molecule has 63 heavy (non-hydrogen) atoms. The van der Waals surface area contributed by atoms with E-state index >= 15 is 0 Å². The molecule has 0 amide bonds. The zero-order chi connectivity index (χ0) is 46.2. The van der Waals surface area contributed by atoms with Gasteiger partial charge in [-0.1, -0.05) is 226 Å². The van der Waals surface area contributed by atoms with Gasteiger partial charge in [0.15, 0.2) is 12.4 Å². The van der Waals surface area contributed by atoms with Crippen LogP contribution in [0.1, 0.15) is 251 Å². The molecule has 374 valence electrons. The minimum absolute atomic E-state index is 0.173. The average Bonchev–Trinajstić information content (AvgIpc) is 3.25. The van der Waals surface area contributed by atoms with Gasteiger partial charge >= 0.3 is 11.9 Å². The number of carbonyl (C=O) groups is 2. The highest BCUT2D eigenvalue weighted by Crippen LogP contribution is 2.24. The van der Waals surface area contributed by atoms with Gasteiger partial charge in [0.2, 0.25) is 0 Å². The minimum atomic E-state index is -4.60. The Balaban J connectivity index is 2.33. The van der Waals surface area contributed by atoms with E-state index in [-0.39, 0.29) is 19.4 Å². The first kappa shape index (κ1) is 59.7. The third-order valence-corrected chi connectivity index (χ3v) is 13.2. The Morgan fingerprint density at radius 2 is 0.810 bits per heavy atom. The van der Waals surface area contributed by atoms with E-state index in [1.54, 1.807) is 0 Å². The number of unbranched alkanes of at least 4 members (excludes halogenated alkanes) is 33. The fourth-order valence-corrected chi connectivity index (χ4v) is 9.08. The van der Waals surface area contributed by atoms with Crippen LogP contribution in [0.5, 0.6) is 0 Å². The summed E-state index contributed by atoms with van der Waals surface area (Å²) < 4.78 is 54.2. The molecule has 13 heteroatoms. The van der Waals surface area contributed by atoms with Crippen LogP contribution in [0, 0.1) is 0 Å². The maximum absolute atomic E-state index is 12.9. The number of hydrogen-bond acceptors (Lipinski definition) is 11. The van der Waals surface area contributed by atoms with Crippen LogP contribution in [-0.4, -0.2) is 96.0 Å². The van der Waals surface area contributed by atoms with Crippen molar-refractivity contribution in [2.45, 2.75) is 288 Å². The highest BCUT2D eigenvalue weighted by Gasteiger charge is 2.46. The highest BCUT2D eigenvalue weighted by molar-refractivity contribution is 7.85. The molecule has 0 aromatic carbocycles. The van der Waals surface area contributed by atoms with Gasteiger partial charge < -0.3 is 34.3 Å². The second kappa shape index (κ2) is 40.9. The van der Waals surface area contributed by atoms with E-state index in [0.29, 0.717) is 12.8 Å². The smallest absolute Gasteiger partial charge is 0.306 e. The van der Waals surface area contributed by atoms with Gasteiger partial charge in [-0.2, -0.15) is 8.42 Å². The maximum atomic E-state index is 12.9. The second-order valence-corrected chi connectivity index (χ2v) is 20.1. The van der Waals surface area contributed by atoms with Gasteiger partial charge in [-0.3, -0.25) is 14.1 Å². The predicted molar refractivity (Wildman–Crippen MR) is 252 cm³/mol. The normalized spacial score (nSPS) is 19.6. The Hall–Kier alpha value is -1.35. The molecule has 0 bridgehead atoms. The van der Waals surface area contributed by atoms with E-state index in [9.17, 15) is 37.9 Å². The maximum Gasteiger partial charge on any atom is 0.306 e. The fraction of sp³-hybridized carbons (Fsp3) is 0.960. The van der Waals surface area contributed by atoms with Crippen molar-refractivity contribution in [3.63, 3.8) is 0 Å².